The molecule has 0 saturated heterocycles. The molecule has 108 valence electrons. The van der Waals surface area contributed by atoms with Crippen LogP contribution < -0.4 is 10.9 Å². The Labute approximate surface area is 120 Å². The van der Waals surface area contributed by atoms with Gasteiger partial charge < -0.3 is 5.32 Å². The molecule has 0 atom stereocenters. The Kier molecular flexibility index (Phi) is 8.30. The first-order valence-electron chi connectivity index (χ1n) is 7.22. The Hall–Kier alpha value is -1.03. The Morgan fingerprint density at radius 2 is 1.79 bits per heavy atom. The molecule has 1 heterocycles. The topological polar surface area (TPSA) is 57.8 Å². The molecular weight excluding hydrogens is 262 g/mol. The number of hydrogen-bond donors (Lipinski definition) is 2. The summed E-state index contributed by atoms with van der Waals surface area (Å²) in [4.78, 5) is 11.2. The standard InChI is InChI=1S/C14H24ClN3O/c1-2-3-4-5-6-7-8-9-10-16-12-11-17-18-14(19)13(12)15/h11H,2-10H2,1H3,(H2,16,18,19). The van der Waals surface area contributed by atoms with Gasteiger partial charge in [0.05, 0.1) is 11.9 Å². The van der Waals surface area contributed by atoms with Crippen molar-refractivity contribution in [3.63, 3.8) is 0 Å². The predicted octanol–water partition coefficient (Wildman–Crippen LogP) is 3.98. The molecule has 0 aromatic carbocycles. The first-order chi connectivity index (χ1) is 9.25. The molecule has 0 saturated carbocycles. The van der Waals surface area contributed by atoms with Crippen molar-refractivity contribution >= 4 is 17.3 Å². The maximum absolute atomic E-state index is 11.2. The van der Waals surface area contributed by atoms with E-state index in [0.29, 0.717) is 5.69 Å². The lowest BCUT2D eigenvalue weighted by Crippen LogP contribution is -2.12. The quantitative estimate of drug-likeness (QED) is 0.639. The van der Waals surface area contributed by atoms with Crippen LogP contribution in [-0.2, 0) is 0 Å². The molecule has 0 bridgehead atoms. The van der Waals surface area contributed by atoms with Gasteiger partial charge in [0.15, 0.2) is 0 Å². The number of nitrogens with zero attached hydrogens (tertiary/aromatic N) is 1. The van der Waals surface area contributed by atoms with Crippen LogP contribution in [0.4, 0.5) is 5.69 Å². The Morgan fingerprint density at radius 3 is 2.47 bits per heavy atom. The van der Waals surface area contributed by atoms with Crippen molar-refractivity contribution in [2.45, 2.75) is 58.3 Å². The van der Waals surface area contributed by atoms with Gasteiger partial charge in [0.1, 0.15) is 5.02 Å². The molecule has 4 nitrogen and oxygen atoms in total. The van der Waals surface area contributed by atoms with E-state index in [1.165, 1.54) is 44.9 Å². The van der Waals surface area contributed by atoms with Crippen LogP contribution in [0.3, 0.4) is 0 Å². The lowest BCUT2D eigenvalue weighted by molar-refractivity contribution is 0.581. The largest absolute Gasteiger partial charge is 0.382 e. The van der Waals surface area contributed by atoms with Gasteiger partial charge in [-0.05, 0) is 6.42 Å². The lowest BCUT2D eigenvalue weighted by Gasteiger charge is -2.06. The van der Waals surface area contributed by atoms with Crippen molar-refractivity contribution < 1.29 is 0 Å². The number of hydrogen-bond acceptors (Lipinski definition) is 3. The Balaban J connectivity index is 2.05. The van der Waals surface area contributed by atoms with Gasteiger partial charge in [-0.1, -0.05) is 63.5 Å². The van der Waals surface area contributed by atoms with Crippen LogP contribution >= 0.6 is 11.6 Å². The van der Waals surface area contributed by atoms with Gasteiger partial charge in [-0.2, -0.15) is 5.10 Å². The zero-order valence-corrected chi connectivity index (χ0v) is 12.4. The summed E-state index contributed by atoms with van der Waals surface area (Å²) in [5, 5.41) is 9.35. The van der Waals surface area contributed by atoms with Gasteiger partial charge >= 0.3 is 0 Å². The molecule has 19 heavy (non-hydrogen) atoms. The fraction of sp³-hybridized carbons (Fsp3) is 0.714. The van der Waals surface area contributed by atoms with Gasteiger partial charge in [0.25, 0.3) is 5.56 Å². The number of aromatic nitrogens is 2. The summed E-state index contributed by atoms with van der Waals surface area (Å²) in [5.74, 6) is 0. The van der Waals surface area contributed by atoms with Gasteiger partial charge in [-0.3, -0.25) is 4.79 Å². The van der Waals surface area contributed by atoms with Crippen LogP contribution in [0.5, 0.6) is 0 Å². The first kappa shape index (κ1) is 16.0. The van der Waals surface area contributed by atoms with Crippen LogP contribution in [0.2, 0.25) is 5.02 Å². The van der Waals surface area contributed by atoms with Gasteiger partial charge in [-0.15, -0.1) is 0 Å². The highest BCUT2D eigenvalue weighted by Gasteiger charge is 2.03. The van der Waals surface area contributed by atoms with Crippen molar-refractivity contribution in [2.75, 3.05) is 11.9 Å². The maximum Gasteiger partial charge on any atom is 0.285 e. The van der Waals surface area contributed by atoms with E-state index in [1.807, 2.05) is 0 Å². The Morgan fingerprint density at radius 1 is 1.16 bits per heavy atom. The van der Waals surface area contributed by atoms with E-state index in [0.717, 1.165) is 13.0 Å². The number of aromatic amines is 1. The van der Waals surface area contributed by atoms with Crippen molar-refractivity contribution in [2.24, 2.45) is 0 Å². The summed E-state index contributed by atoms with van der Waals surface area (Å²) in [7, 11) is 0. The minimum Gasteiger partial charge on any atom is -0.382 e. The Bertz CT molecular complexity index is 406. The molecule has 0 aliphatic rings. The number of nitrogens with one attached hydrogen (secondary N) is 2. The molecule has 0 spiro atoms. The summed E-state index contributed by atoms with van der Waals surface area (Å²) in [6.07, 6.45) is 11.8. The zero-order chi connectivity index (χ0) is 13.9. The molecule has 0 fully saturated rings. The van der Waals surface area contributed by atoms with Crippen molar-refractivity contribution in [1.29, 1.82) is 0 Å². The monoisotopic (exact) mass is 285 g/mol. The third-order valence-corrected chi connectivity index (χ3v) is 3.52. The molecule has 5 heteroatoms. The average molecular weight is 286 g/mol. The molecule has 0 aliphatic carbocycles. The third kappa shape index (κ3) is 6.62. The van der Waals surface area contributed by atoms with Gasteiger partial charge in [0.2, 0.25) is 0 Å². The molecule has 0 radical (unpaired) electrons. The van der Waals surface area contributed by atoms with Crippen LogP contribution in [-0.4, -0.2) is 16.7 Å². The second-order valence-corrected chi connectivity index (χ2v) is 5.21. The number of H-pyrrole nitrogens is 1. The van der Waals surface area contributed by atoms with E-state index < -0.39 is 0 Å². The second kappa shape index (κ2) is 9.84. The van der Waals surface area contributed by atoms with Gasteiger partial charge in [-0.25, -0.2) is 5.10 Å². The van der Waals surface area contributed by atoms with E-state index in [1.54, 1.807) is 6.20 Å². The summed E-state index contributed by atoms with van der Waals surface area (Å²) in [6, 6.07) is 0. The first-order valence-corrected chi connectivity index (χ1v) is 7.60. The highest BCUT2D eigenvalue weighted by Crippen LogP contribution is 2.14. The number of unbranched alkanes of at least 4 members (excludes halogenated alkanes) is 7. The van der Waals surface area contributed by atoms with Crippen LogP contribution in [0.1, 0.15) is 58.3 Å². The van der Waals surface area contributed by atoms with E-state index in [4.69, 9.17) is 11.6 Å². The summed E-state index contributed by atoms with van der Waals surface area (Å²) in [6.45, 7) is 3.07. The SMILES string of the molecule is CCCCCCCCCCNc1cn[nH]c(=O)c1Cl. The van der Waals surface area contributed by atoms with E-state index in [2.05, 4.69) is 22.4 Å². The molecule has 1 aromatic rings. The normalized spacial score (nSPS) is 10.6. The molecule has 0 unspecified atom stereocenters. The van der Waals surface area contributed by atoms with Crippen molar-refractivity contribution in [3.05, 3.63) is 21.6 Å². The average Bonchev–Trinajstić information content (AvgIpc) is 2.41. The van der Waals surface area contributed by atoms with Crippen molar-refractivity contribution in [1.82, 2.24) is 10.2 Å². The molecule has 1 aromatic heterocycles. The predicted molar refractivity (Wildman–Crippen MR) is 81.0 cm³/mol. The molecule has 1 rings (SSSR count). The highest BCUT2D eigenvalue weighted by atomic mass is 35.5. The highest BCUT2D eigenvalue weighted by molar-refractivity contribution is 6.32. The third-order valence-electron chi connectivity index (χ3n) is 3.14. The molecule has 2 N–H and O–H groups in total. The van der Waals surface area contributed by atoms with Crippen LogP contribution in [0.25, 0.3) is 0 Å². The molecule has 0 aliphatic heterocycles. The van der Waals surface area contributed by atoms with Crippen LogP contribution in [0, 0.1) is 0 Å². The maximum atomic E-state index is 11.2. The van der Waals surface area contributed by atoms with E-state index in [9.17, 15) is 4.79 Å². The summed E-state index contributed by atoms with van der Waals surface area (Å²) in [5.41, 5.74) is 0.274. The number of rotatable bonds is 10. The van der Waals surface area contributed by atoms with Crippen LogP contribution in [0.15, 0.2) is 11.0 Å². The lowest BCUT2D eigenvalue weighted by atomic mass is 10.1. The number of anilines is 1. The fourth-order valence-electron chi connectivity index (χ4n) is 1.99. The summed E-state index contributed by atoms with van der Waals surface area (Å²) >= 11 is 5.86. The van der Waals surface area contributed by atoms with E-state index >= 15 is 0 Å². The number of halogens is 1. The van der Waals surface area contributed by atoms with Gasteiger partial charge in [0, 0.05) is 6.54 Å². The minimum absolute atomic E-state index is 0.189. The smallest absolute Gasteiger partial charge is 0.285 e. The van der Waals surface area contributed by atoms with Crippen molar-refractivity contribution in [3.8, 4) is 0 Å². The summed E-state index contributed by atoms with van der Waals surface area (Å²) < 4.78 is 0. The molecule has 0 amide bonds. The molecular formula is C14H24ClN3O. The zero-order valence-electron chi connectivity index (χ0n) is 11.7. The van der Waals surface area contributed by atoms with E-state index in [-0.39, 0.29) is 10.6 Å². The minimum atomic E-state index is -0.345. The second-order valence-electron chi connectivity index (χ2n) is 4.83. The fourth-order valence-corrected chi connectivity index (χ4v) is 2.15.